The predicted octanol–water partition coefficient (Wildman–Crippen LogP) is 1.91. The normalized spacial score (nSPS) is 23.8. The zero-order chi connectivity index (χ0) is 12.0. The number of nitrogens with two attached hydrogens (primary N) is 1. The lowest BCUT2D eigenvalue weighted by molar-refractivity contribution is 0.119. The number of hydrogen-bond donors (Lipinski definition) is 2. The standard InChI is InChI=1S/C14H28N2O/c15-11-14(6-2-1-3-7-14)12-16-8-9-17-10-13-4-5-13/h13,16H,1-12,15H2. The van der Waals surface area contributed by atoms with Crippen LogP contribution in [0.15, 0.2) is 0 Å². The Morgan fingerprint density at radius 3 is 2.59 bits per heavy atom. The Labute approximate surface area is 105 Å². The van der Waals surface area contributed by atoms with Gasteiger partial charge in [0.15, 0.2) is 0 Å². The van der Waals surface area contributed by atoms with Crippen LogP contribution in [-0.2, 0) is 4.74 Å². The van der Waals surface area contributed by atoms with Gasteiger partial charge in [0.2, 0.25) is 0 Å². The smallest absolute Gasteiger partial charge is 0.0591 e. The SMILES string of the molecule is NCC1(CNCCOCC2CC2)CCCCC1. The zero-order valence-electron chi connectivity index (χ0n) is 11.0. The second-order valence-corrected chi connectivity index (χ2v) is 5.96. The predicted molar refractivity (Wildman–Crippen MR) is 71.0 cm³/mol. The maximum Gasteiger partial charge on any atom is 0.0591 e. The average molecular weight is 240 g/mol. The highest BCUT2D eigenvalue weighted by molar-refractivity contribution is 4.85. The van der Waals surface area contributed by atoms with Gasteiger partial charge in [0.05, 0.1) is 6.61 Å². The van der Waals surface area contributed by atoms with Gasteiger partial charge in [0.1, 0.15) is 0 Å². The van der Waals surface area contributed by atoms with Crippen molar-refractivity contribution in [2.24, 2.45) is 17.1 Å². The van der Waals surface area contributed by atoms with Crippen LogP contribution in [0.1, 0.15) is 44.9 Å². The monoisotopic (exact) mass is 240 g/mol. The van der Waals surface area contributed by atoms with E-state index in [0.29, 0.717) is 5.41 Å². The Balaban J connectivity index is 1.52. The van der Waals surface area contributed by atoms with Crippen LogP contribution in [0.2, 0.25) is 0 Å². The molecule has 0 unspecified atom stereocenters. The topological polar surface area (TPSA) is 47.3 Å². The van der Waals surface area contributed by atoms with E-state index in [-0.39, 0.29) is 0 Å². The summed E-state index contributed by atoms with van der Waals surface area (Å²) in [7, 11) is 0. The molecule has 3 heteroatoms. The van der Waals surface area contributed by atoms with Crippen molar-refractivity contribution in [3.05, 3.63) is 0 Å². The van der Waals surface area contributed by atoms with E-state index in [1.165, 1.54) is 44.9 Å². The molecule has 0 aromatic rings. The fourth-order valence-corrected chi connectivity index (χ4v) is 2.79. The second kappa shape index (κ2) is 6.72. The first-order chi connectivity index (χ1) is 8.35. The van der Waals surface area contributed by atoms with E-state index in [2.05, 4.69) is 5.32 Å². The maximum absolute atomic E-state index is 5.96. The summed E-state index contributed by atoms with van der Waals surface area (Å²) in [5.41, 5.74) is 6.34. The lowest BCUT2D eigenvalue weighted by atomic mass is 9.74. The van der Waals surface area contributed by atoms with Gasteiger partial charge in [0.25, 0.3) is 0 Å². The summed E-state index contributed by atoms with van der Waals surface area (Å²) in [5, 5.41) is 3.54. The molecule has 0 aromatic carbocycles. The molecule has 0 atom stereocenters. The van der Waals surface area contributed by atoms with E-state index in [4.69, 9.17) is 10.5 Å². The van der Waals surface area contributed by atoms with Gasteiger partial charge in [-0.1, -0.05) is 19.3 Å². The largest absolute Gasteiger partial charge is 0.380 e. The minimum atomic E-state index is 0.384. The molecule has 0 radical (unpaired) electrons. The molecule has 2 rings (SSSR count). The first-order valence-electron chi connectivity index (χ1n) is 7.33. The third kappa shape index (κ3) is 4.57. The van der Waals surface area contributed by atoms with Crippen LogP contribution >= 0.6 is 0 Å². The highest BCUT2D eigenvalue weighted by atomic mass is 16.5. The molecule has 17 heavy (non-hydrogen) atoms. The molecule has 0 bridgehead atoms. The van der Waals surface area contributed by atoms with Crippen molar-refractivity contribution >= 4 is 0 Å². The summed E-state index contributed by atoms with van der Waals surface area (Å²) in [6.45, 7) is 4.73. The van der Waals surface area contributed by atoms with E-state index in [9.17, 15) is 0 Å². The van der Waals surface area contributed by atoms with Crippen molar-refractivity contribution in [3.63, 3.8) is 0 Å². The molecule has 0 aromatic heterocycles. The molecule has 0 spiro atoms. The van der Waals surface area contributed by atoms with Crippen molar-refractivity contribution < 1.29 is 4.74 Å². The van der Waals surface area contributed by atoms with Crippen LogP contribution in [0.4, 0.5) is 0 Å². The average Bonchev–Trinajstić information content (AvgIpc) is 3.19. The minimum absolute atomic E-state index is 0.384. The van der Waals surface area contributed by atoms with E-state index < -0.39 is 0 Å². The van der Waals surface area contributed by atoms with Gasteiger partial charge in [-0.3, -0.25) is 0 Å². The molecule has 2 aliphatic rings. The van der Waals surface area contributed by atoms with Crippen molar-refractivity contribution in [3.8, 4) is 0 Å². The van der Waals surface area contributed by atoms with Crippen molar-refractivity contribution in [2.45, 2.75) is 44.9 Å². The van der Waals surface area contributed by atoms with Gasteiger partial charge < -0.3 is 15.8 Å². The third-order valence-corrected chi connectivity index (χ3v) is 4.32. The van der Waals surface area contributed by atoms with Crippen LogP contribution < -0.4 is 11.1 Å². The third-order valence-electron chi connectivity index (χ3n) is 4.32. The first kappa shape index (κ1) is 13.3. The summed E-state index contributed by atoms with van der Waals surface area (Å²) >= 11 is 0. The van der Waals surface area contributed by atoms with Crippen LogP contribution in [-0.4, -0.2) is 32.8 Å². The highest BCUT2D eigenvalue weighted by Crippen LogP contribution is 2.34. The number of ether oxygens (including phenoxy) is 1. The van der Waals surface area contributed by atoms with Crippen LogP contribution in [0.25, 0.3) is 0 Å². The summed E-state index contributed by atoms with van der Waals surface area (Å²) in [4.78, 5) is 0. The molecular weight excluding hydrogens is 212 g/mol. The minimum Gasteiger partial charge on any atom is -0.380 e. The van der Waals surface area contributed by atoms with Crippen molar-refractivity contribution in [2.75, 3.05) is 32.8 Å². The van der Waals surface area contributed by atoms with Gasteiger partial charge >= 0.3 is 0 Å². The second-order valence-electron chi connectivity index (χ2n) is 5.96. The summed E-state index contributed by atoms with van der Waals surface area (Å²) in [5.74, 6) is 0.878. The Morgan fingerprint density at radius 2 is 1.94 bits per heavy atom. The molecule has 2 saturated carbocycles. The quantitative estimate of drug-likeness (QED) is 0.637. The van der Waals surface area contributed by atoms with Gasteiger partial charge in [0, 0.05) is 19.7 Å². The molecule has 0 amide bonds. The number of hydrogen-bond acceptors (Lipinski definition) is 3. The van der Waals surface area contributed by atoms with Gasteiger partial charge in [-0.15, -0.1) is 0 Å². The lowest BCUT2D eigenvalue weighted by Gasteiger charge is -2.36. The molecular formula is C14H28N2O. The van der Waals surface area contributed by atoms with Gasteiger partial charge in [-0.25, -0.2) is 0 Å². The first-order valence-corrected chi connectivity index (χ1v) is 7.33. The Bertz CT molecular complexity index is 210. The Hall–Kier alpha value is -0.120. The summed E-state index contributed by atoms with van der Waals surface area (Å²) < 4.78 is 5.62. The fourth-order valence-electron chi connectivity index (χ4n) is 2.79. The number of nitrogens with one attached hydrogen (secondary N) is 1. The summed E-state index contributed by atoms with van der Waals surface area (Å²) in [6, 6.07) is 0. The molecule has 3 N–H and O–H groups in total. The Kier molecular flexibility index (Phi) is 5.26. The van der Waals surface area contributed by atoms with Gasteiger partial charge in [-0.05, 0) is 43.6 Å². The molecule has 100 valence electrons. The summed E-state index contributed by atoms with van der Waals surface area (Å²) in [6.07, 6.45) is 9.48. The molecule has 2 aliphatic carbocycles. The lowest BCUT2D eigenvalue weighted by Crippen LogP contribution is -2.42. The zero-order valence-corrected chi connectivity index (χ0v) is 11.0. The van der Waals surface area contributed by atoms with E-state index in [1.54, 1.807) is 0 Å². The van der Waals surface area contributed by atoms with E-state index in [0.717, 1.165) is 38.8 Å². The molecule has 2 fully saturated rings. The van der Waals surface area contributed by atoms with Crippen LogP contribution in [0, 0.1) is 11.3 Å². The van der Waals surface area contributed by atoms with E-state index >= 15 is 0 Å². The molecule has 3 nitrogen and oxygen atoms in total. The van der Waals surface area contributed by atoms with Crippen molar-refractivity contribution in [1.29, 1.82) is 0 Å². The Morgan fingerprint density at radius 1 is 1.18 bits per heavy atom. The fraction of sp³-hybridized carbons (Fsp3) is 1.00. The number of rotatable bonds is 8. The van der Waals surface area contributed by atoms with Crippen LogP contribution in [0.5, 0.6) is 0 Å². The highest BCUT2D eigenvalue weighted by Gasteiger charge is 2.29. The van der Waals surface area contributed by atoms with Gasteiger partial charge in [-0.2, -0.15) is 0 Å². The maximum atomic E-state index is 5.96. The van der Waals surface area contributed by atoms with Crippen LogP contribution in [0.3, 0.4) is 0 Å². The molecule has 0 heterocycles. The molecule has 0 saturated heterocycles. The molecule has 0 aliphatic heterocycles. The van der Waals surface area contributed by atoms with Crippen molar-refractivity contribution in [1.82, 2.24) is 5.32 Å². The van der Waals surface area contributed by atoms with E-state index in [1.807, 2.05) is 0 Å².